The van der Waals surface area contributed by atoms with E-state index >= 15 is 0 Å². The predicted molar refractivity (Wildman–Crippen MR) is 104 cm³/mol. The van der Waals surface area contributed by atoms with Gasteiger partial charge >= 0.3 is 6.03 Å². The summed E-state index contributed by atoms with van der Waals surface area (Å²) >= 11 is 0. The molecule has 0 spiro atoms. The van der Waals surface area contributed by atoms with Gasteiger partial charge in [0.2, 0.25) is 0 Å². The van der Waals surface area contributed by atoms with Gasteiger partial charge in [0.25, 0.3) is 11.8 Å². The Bertz CT molecular complexity index is 724. The lowest BCUT2D eigenvalue weighted by atomic mass is 10.2. The fourth-order valence-electron chi connectivity index (χ4n) is 2.87. The van der Waals surface area contributed by atoms with E-state index in [2.05, 4.69) is 10.6 Å². The van der Waals surface area contributed by atoms with Gasteiger partial charge in [-0.15, -0.1) is 0 Å². The molecule has 1 aromatic carbocycles. The van der Waals surface area contributed by atoms with Crippen molar-refractivity contribution in [3.05, 3.63) is 18.2 Å². The average molecular weight is 393 g/mol. The summed E-state index contributed by atoms with van der Waals surface area (Å²) in [6.07, 6.45) is 0. The molecule has 0 bridgehead atoms. The van der Waals surface area contributed by atoms with Gasteiger partial charge in [-0.2, -0.15) is 0 Å². The van der Waals surface area contributed by atoms with Gasteiger partial charge in [-0.05, 0) is 32.9 Å². The maximum absolute atomic E-state index is 12.4. The first-order valence-electron chi connectivity index (χ1n) is 9.48. The highest BCUT2D eigenvalue weighted by atomic mass is 16.5. The molecule has 2 atom stereocenters. The van der Waals surface area contributed by atoms with Crippen molar-refractivity contribution in [1.82, 2.24) is 10.2 Å². The van der Waals surface area contributed by atoms with E-state index in [-0.39, 0.29) is 24.4 Å². The third-order valence-corrected chi connectivity index (χ3v) is 4.50. The highest BCUT2D eigenvalue weighted by Gasteiger charge is 2.34. The van der Waals surface area contributed by atoms with Crippen molar-refractivity contribution in [2.75, 3.05) is 45.2 Å². The van der Waals surface area contributed by atoms with Gasteiger partial charge in [0.15, 0.2) is 24.1 Å². The molecule has 1 saturated heterocycles. The topological polar surface area (TPSA) is 101 Å². The third kappa shape index (κ3) is 5.35. The van der Waals surface area contributed by atoms with E-state index in [1.54, 1.807) is 32.2 Å². The first kappa shape index (κ1) is 21.5. The number of nitrogens with zero attached hydrogens (tertiary/aromatic N) is 1. The van der Waals surface area contributed by atoms with Gasteiger partial charge in [0.1, 0.15) is 0 Å². The Morgan fingerprint density at radius 1 is 1.25 bits per heavy atom. The number of hydrogen-bond donors (Lipinski definition) is 3. The number of urea groups is 1. The van der Waals surface area contributed by atoms with E-state index < -0.39 is 6.04 Å². The number of imide groups is 1. The molecule has 9 nitrogen and oxygen atoms in total. The maximum atomic E-state index is 12.4. The van der Waals surface area contributed by atoms with E-state index in [1.807, 2.05) is 13.8 Å². The largest absolute Gasteiger partial charge is 0.490 e. The van der Waals surface area contributed by atoms with Gasteiger partial charge in [0, 0.05) is 24.8 Å². The maximum Gasteiger partial charge on any atom is 0.324 e. The number of nitrogens with one attached hydrogen (secondary N) is 3. The molecule has 0 radical (unpaired) electrons. The number of carbonyl (C=O) groups excluding carboxylic acids is 3. The summed E-state index contributed by atoms with van der Waals surface area (Å²) in [6.45, 7) is 7.36. The molecule has 1 unspecified atom stereocenters. The van der Waals surface area contributed by atoms with Crippen LogP contribution in [0.2, 0.25) is 0 Å². The number of amides is 4. The standard InChI is InChI=1S/C19H28N4O5/c1-5-27-15-8-7-14(11-16(15)28-6-2)21-17(24)12-22(4)13(3)18(25)23-10-9-20-19(23)26/h7-8,11,13H,5-6,9-10,12H2,1-4H3,(H,20,26)(H,21,24)/p+1/t13-/m1/s1. The van der Waals surface area contributed by atoms with Crippen LogP contribution in [0.3, 0.4) is 0 Å². The quantitative estimate of drug-likeness (QED) is 0.543. The highest BCUT2D eigenvalue weighted by molar-refractivity contribution is 5.97. The van der Waals surface area contributed by atoms with Crippen LogP contribution in [-0.4, -0.2) is 68.7 Å². The smallest absolute Gasteiger partial charge is 0.324 e. The normalized spacial score (nSPS) is 15.6. The third-order valence-electron chi connectivity index (χ3n) is 4.50. The molecule has 154 valence electrons. The van der Waals surface area contributed by atoms with Gasteiger partial charge in [0.05, 0.1) is 20.3 Å². The van der Waals surface area contributed by atoms with Crippen molar-refractivity contribution >= 4 is 23.5 Å². The molecule has 1 fully saturated rings. The summed E-state index contributed by atoms with van der Waals surface area (Å²) in [4.78, 5) is 38.4. The van der Waals surface area contributed by atoms with Crippen LogP contribution in [0.4, 0.5) is 10.5 Å². The minimum absolute atomic E-state index is 0.0829. The zero-order valence-electron chi connectivity index (χ0n) is 16.8. The first-order valence-corrected chi connectivity index (χ1v) is 9.48. The van der Waals surface area contributed by atoms with Gasteiger partial charge in [-0.25, -0.2) is 4.79 Å². The number of anilines is 1. The molecular weight excluding hydrogens is 364 g/mol. The van der Waals surface area contributed by atoms with Crippen molar-refractivity contribution < 1.29 is 28.8 Å². The molecule has 4 amide bonds. The minimum atomic E-state index is -0.520. The molecule has 1 aromatic rings. The van der Waals surface area contributed by atoms with Crippen LogP contribution in [0.1, 0.15) is 20.8 Å². The molecule has 0 saturated carbocycles. The van der Waals surface area contributed by atoms with Gasteiger partial charge < -0.3 is 25.0 Å². The number of quaternary nitrogens is 1. The van der Waals surface area contributed by atoms with Crippen LogP contribution in [0.5, 0.6) is 11.5 Å². The van der Waals surface area contributed by atoms with Crippen LogP contribution >= 0.6 is 0 Å². The SMILES string of the molecule is CCOc1ccc(NC(=O)C[NH+](C)[C@H](C)C(=O)N2CCNC2=O)cc1OCC. The summed E-state index contributed by atoms with van der Waals surface area (Å²) in [5.41, 5.74) is 0.586. The Morgan fingerprint density at radius 2 is 1.93 bits per heavy atom. The van der Waals surface area contributed by atoms with Crippen molar-refractivity contribution in [3.8, 4) is 11.5 Å². The summed E-state index contributed by atoms with van der Waals surface area (Å²) in [6, 6.07) is 4.30. The van der Waals surface area contributed by atoms with Gasteiger partial charge in [-0.1, -0.05) is 0 Å². The van der Waals surface area contributed by atoms with Crippen LogP contribution < -0.4 is 25.0 Å². The van der Waals surface area contributed by atoms with E-state index in [0.717, 1.165) is 0 Å². The Labute approximate surface area is 165 Å². The lowest BCUT2D eigenvalue weighted by molar-refractivity contribution is -0.886. The summed E-state index contributed by atoms with van der Waals surface area (Å²) in [7, 11) is 1.75. The van der Waals surface area contributed by atoms with Crippen molar-refractivity contribution in [2.45, 2.75) is 26.8 Å². The predicted octanol–water partition coefficient (Wildman–Crippen LogP) is -0.122. The molecule has 1 aliphatic heterocycles. The number of carbonyl (C=O) groups is 3. The molecule has 3 N–H and O–H groups in total. The zero-order chi connectivity index (χ0) is 20.7. The van der Waals surface area contributed by atoms with Crippen LogP contribution in [0.25, 0.3) is 0 Å². The summed E-state index contributed by atoms with van der Waals surface area (Å²) in [5.74, 6) is 0.647. The number of likely N-dealkylation sites (N-methyl/N-ethyl adjacent to an activating group) is 1. The number of rotatable bonds is 9. The Kier molecular flexibility index (Phi) is 7.62. The van der Waals surface area contributed by atoms with E-state index in [0.29, 0.717) is 48.4 Å². The van der Waals surface area contributed by atoms with Crippen LogP contribution in [0.15, 0.2) is 18.2 Å². The lowest BCUT2D eigenvalue weighted by Crippen LogP contribution is -3.15. The van der Waals surface area contributed by atoms with Crippen molar-refractivity contribution in [2.24, 2.45) is 0 Å². The van der Waals surface area contributed by atoms with E-state index in [9.17, 15) is 14.4 Å². The van der Waals surface area contributed by atoms with Crippen LogP contribution in [0, 0.1) is 0 Å². The zero-order valence-corrected chi connectivity index (χ0v) is 16.8. The summed E-state index contributed by atoms with van der Waals surface area (Å²) < 4.78 is 11.1. The Morgan fingerprint density at radius 3 is 2.54 bits per heavy atom. The molecular formula is C19H29N4O5+. The second-order valence-electron chi connectivity index (χ2n) is 6.54. The minimum Gasteiger partial charge on any atom is -0.490 e. The Hall–Kier alpha value is -2.81. The fraction of sp³-hybridized carbons (Fsp3) is 0.526. The monoisotopic (exact) mass is 393 g/mol. The molecule has 28 heavy (non-hydrogen) atoms. The first-order chi connectivity index (χ1) is 13.4. The van der Waals surface area contributed by atoms with Crippen LogP contribution in [-0.2, 0) is 9.59 Å². The van der Waals surface area contributed by atoms with Crippen molar-refractivity contribution in [3.63, 3.8) is 0 Å². The highest BCUT2D eigenvalue weighted by Crippen LogP contribution is 2.30. The van der Waals surface area contributed by atoms with E-state index in [4.69, 9.17) is 9.47 Å². The lowest BCUT2D eigenvalue weighted by Gasteiger charge is -2.23. The molecule has 9 heteroatoms. The molecule has 1 heterocycles. The average Bonchev–Trinajstić information content (AvgIpc) is 3.08. The number of hydrogen-bond acceptors (Lipinski definition) is 5. The number of ether oxygens (including phenoxy) is 2. The molecule has 2 rings (SSSR count). The number of benzene rings is 1. The fourth-order valence-corrected chi connectivity index (χ4v) is 2.87. The second kappa shape index (κ2) is 9.93. The van der Waals surface area contributed by atoms with E-state index in [1.165, 1.54) is 4.90 Å². The van der Waals surface area contributed by atoms with Crippen molar-refractivity contribution in [1.29, 1.82) is 0 Å². The van der Waals surface area contributed by atoms with Gasteiger partial charge in [-0.3, -0.25) is 14.5 Å². The second-order valence-corrected chi connectivity index (χ2v) is 6.54. The summed E-state index contributed by atoms with van der Waals surface area (Å²) in [5, 5.41) is 5.42. The molecule has 0 aliphatic carbocycles. The molecule has 1 aliphatic rings. The molecule has 0 aromatic heterocycles. The Balaban J connectivity index is 1.96.